The Morgan fingerprint density at radius 3 is 2.67 bits per heavy atom. The molecule has 0 saturated carbocycles. The lowest BCUT2D eigenvalue weighted by molar-refractivity contribution is 0.465. The Bertz CT molecular complexity index is 723. The molecule has 0 amide bonds. The van der Waals surface area contributed by atoms with E-state index in [1.165, 1.54) is 6.07 Å². The van der Waals surface area contributed by atoms with Gasteiger partial charge in [0.1, 0.15) is 16.4 Å². The molecule has 21 heavy (non-hydrogen) atoms. The van der Waals surface area contributed by atoms with Crippen LogP contribution in [0.3, 0.4) is 0 Å². The molecule has 0 aliphatic carbocycles. The summed E-state index contributed by atoms with van der Waals surface area (Å²) in [6, 6.07) is 7.03. The van der Waals surface area contributed by atoms with Crippen LogP contribution in [0.2, 0.25) is 0 Å². The number of aromatic nitrogens is 1. The van der Waals surface area contributed by atoms with Crippen LogP contribution in [0.5, 0.6) is 0 Å². The summed E-state index contributed by atoms with van der Waals surface area (Å²) in [5, 5.41) is 2.92. The summed E-state index contributed by atoms with van der Waals surface area (Å²) in [6.07, 6.45) is 0. The van der Waals surface area contributed by atoms with Gasteiger partial charge in [-0.25, -0.2) is 13.1 Å². The largest absolute Gasteiger partial charge is 0.464 e. The molecule has 0 aliphatic heterocycles. The van der Waals surface area contributed by atoms with Crippen molar-refractivity contribution < 1.29 is 12.8 Å². The van der Waals surface area contributed by atoms with Crippen molar-refractivity contribution in [1.29, 1.82) is 0 Å². The second kappa shape index (κ2) is 6.38. The monoisotopic (exact) mass is 309 g/mol. The molecule has 0 aromatic carbocycles. The van der Waals surface area contributed by atoms with E-state index in [-0.39, 0.29) is 11.4 Å². The minimum absolute atomic E-state index is 0.149. The van der Waals surface area contributed by atoms with E-state index in [2.05, 4.69) is 15.0 Å². The summed E-state index contributed by atoms with van der Waals surface area (Å²) >= 11 is 0. The fourth-order valence-electron chi connectivity index (χ4n) is 2.00. The molecular weight excluding hydrogens is 290 g/mol. The zero-order chi connectivity index (χ0) is 15.5. The molecule has 7 heteroatoms. The smallest absolute Gasteiger partial charge is 0.244 e. The number of sulfonamides is 1. The maximum absolute atomic E-state index is 12.3. The molecule has 6 nitrogen and oxygen atoms in total. The highest BCUT2D eigenvalue weighted by Gasteiger charge is 2.21. The molecule has 0 atom stereocenters. The van der Waals surface area contributed by atoms with Gasteiger partial charge in [-0.2, -0.15) is 0 Å². The number of nitrogens with one attached hydrogen (secondary N) is 2. The van der Waals surface area contributed by atoms with Crippen molar-refractivity contribution >= 4 is 10.0 Å². The minimum atomic E-state index is -3.61. The van der Waals surface area contributed by atoms with Crippen LogP contribution in [-0.4, -0.2) is 20.4 Å². The molecule has 2 aromatic rings. The van der Waals surface area contributed by atoms with Crippen LogP contribution in [-0.2, 0) is 23.1 Å². The van der Waals surface area contributed by atoms with Crippen molar-refractivity contribution in [2.24, 2.45) is 0 Å². The van der Waals surface area contributed by atoms with Crippen molar-refractivity contribution in [1.82, 2.24) is 15.0 Å². The lowest BCUT2D eigenvalue weighted by Gasteiger charge is -2.05. The molecule has 2 N–H and O–H groups in total. The number of pyridine rings is 1. The zero-order valence-electron chi connectivity index (χ0n) is 12.3. The number of nitrogens with zero attached hydrogens (tertiary/aromatic N) is 1. The SMILES string of the molecule is CNCc1cc(S(=O)(=O)NCc2cccc(C)n2)c(C)o1. The van der Waals surface area contributed by atoms with Gasteiger partial charge in [-0.05, 0) is 33.0 Å². The summed E-state index contributed by atoms with van der Waals surface area (Å²) in [6.45, 7) is 4.13. The third kappa shape index (κ3) is 3.90. The second-order valence-electron chi connectivity index (χ2n) is 4.76. The lowest BCUT2D eigenvalue weighted by Crippen LogP contribution is -2.24. The first kappa shape index (κ1) is 15.7. The molecule has 114 valence electrons. The molecule has 2 heterocycles. The molecule has 0 unspecified atom stereocenters. The molecular formula is C14H19N3O3S. The number of hydrogen-bond acceptors (Lipinski definition) is 5. The van der Waals surface area contributed by atoms with E-state index in [1.54, 1.807) is 20.0 Å². The lowest BCUT2D eigenvalue weighted by atomic mass is 10.3. The molecule has 0 bridgehead atoms. The summed E-state index contributed by atoms with van der Waals surface area (Å²) in [4.78, 5) is 4.43. The topological polar surface area (TPSA) is 84.2 Å². The van der Waals surface area contributed by atoms with Gasteiger partial charge < -0.3 is 9.73 Å². The van der Waals surface area contributed by atoms with Crippen LogP contribution in [0.15, 0.2) is 33.6 Å². The molecule has 0 radical (unpaired) electrons. The van der Waals surface area contributed by atoms with Gasteiger partial charge in [0, 0.05) is 11.8 Å². The third-order valence-corrected chi connectivity index (χ3v) is 4.46. The maximum atomic E-state index is 12.3. The number of hydrogen-bond donors (Lipinski definition) is 2. The summed E-state index contributed by atoms with van der Waals surface area (Å²) in [7, 11) is -1.84. The Morgan fingerprint density at radius 1 is 1.24 bits per heavy atom. The Kier molecular flexibility index (Phi) is 4.76. The van der Waals surface area contributed by atoms with Gasteiger partial charge >= 0.3 is 0 Å². The normalized spacial score (nSPS) is 11.8. The van der Waals surface area contributed by atoms with Gasteiger partial charge in [-0.1, -0.05) is 6.07 Å². The highest BCUT2D eigenvalue weighted by Crippen LogP contribution is 2.20. The van der Waals surface area contributed by atoms with Crippen LogP contribution in [0.1, 0.15) is 22.9 Å². The predicted molar refractivity (Wildman–Crippen MR) is 79.2 cm³/mol. The molecule has 0 fully saturated rings. The van der Waals surface area contributed by atoms with Crippen LogP contribution in [0.25, 0.3) is 0 Å². The quantitative estimate of drug-likeness (QED) is 0.844. The highest BCUT2D eigenvalue weighted by atomic mass is 32.2. The van der Waals surface area contributed by atoms with Crippen LogP contribution in [0.4, 0.5) is 0 Å². The van der Waals surface area contributed by atoms with Crippen molar-refractivity contribution in [3.63, 3.8) is 0 Å². The predicted octanol–water partition coefficient (Wildman–Crippen LogP) is 1.49. The number of furan rings is 1. The standard InChI is InChI=1S/C14H19N3O3S/c1-10-5-4-6-12(17-10)8-16-21(18,19)14-7-13(9-15-3)20-11(14)2/h4-7,15-16H,8-9H2,1-3H3. The zero-order valence-corrected chi connectivity index (χ0v) is 13.1. The molecule has 0 saturated heterocycles. The minimum Gasteiger partial charge on any atom is -0.464 e. The van der Waals surface area contributed by atoms with Gasteiger partial charge in [0.2, 0.25) is 10.0 Å². The van der Waals surface area contributed by atoms with E-state index in [0.717, 1.165) is 5.69 Å². The fourth-order valence-corrected chi connectivity index (χ4v) is 3.20. The van der Waals surface area contributed by atoms with Crippen LogP contribution >= 0.6 is 0 Å². The summed E-state index contributed by atoms with van der Waals surface area (Å²) in [5.41, 5.74) is 1.53. The first-order valence-corrected chi connectivity index (χ1v) is 8.07. The van der Waals surface area contributed by atoms with Crippen LogP contribution in [0, 0.1) is 13.8 Å². The van der Waals surface area contributed by atoms with Gasteiger partial charge in [0.05, 0.1) is 18.8 Å². The Hall–Kier alpha value is -1.70. The van der Waals surface area contributed by atoms with E-state index in [0.29, 0.717) is 23.8 Å². The molecule has 2 rings (SSSR count). The van der Waals surface area contributed by atoms with Gasteiger partial charge in [0.15, 0.2) is 0 Å². The summed E-state index contributed by atoms with van der Waals surface area (Å²) in [5.74, 6) is 0.967. The van der Waals surface area contributed by atoms with E-state index in [9.17, 15) is 8.42 Å². The first-order chi connectivity index (χ1) is 9.92. The Morgan fingerprint density at radius 2 is 2.00 bits per heavy atom. The van der Waals surface area contributed by atoms with Crippen molar-refractivity contribution in [3.8, 4) is 0 Å². The van der Waals surface area contributed by atoms with E-state index < -0.39 is 10.0 Å². The molecule has 0 spiro atoms. The van der Waals surface area contributed by atoms with E-state index in [1.807, 2.05) is 19.1 Å². The van der Waals surface area contributed by atoms with Crippen molar-refractivity contribution in [2.45, 2.75) is 31.8 Å². The Balaban J connectivity index is 2.15. The average molecular weight is 309 g/mol. The number of rotatable bonds is 6. The first-order valence-electron chi connectivity index (χ1n) is 6.58. The van der Waals surface area contributed by atoms with E-state index >= 15 is 0 Å². The highest BCUT2D eigenvalue weighted by molar-refractivity contribution is 7.89. The summed E-state index contributed by atoms with van der Waals surface area (Å²) < 4.78 is 32.6. The molecule has 2 aromatic heterocycles. The van der Waals surface area contributed by atoms with E-state index in [4.69, 9.17) is 4.42 Å². The Labute approximate surface area is 124 Å². The fraction of sp³-hybridized carbons (Fsp3) is 0.357. The van der Waals surface area contributed by atoms with Gasteiger partial charge in [-0.15, -0.1) is 0 Å². The third-order valence-electron chi connectivity index (χ3n) is 2.95. The number of aryl methyl sites for hydroxylation is 2. The maximum Gasteiger partial charge on any atom is 0.244 e. The van der Waals surface area contributed by atoms with Crippen molar-refractivity contribution in [3.05, 3.63) is 47.2 Å². The molecule has 0 aliphatic rings. The van der Waals surface area contributed by atoms with Gasteiger partial charge in [-0.3, -0.25) is 4.98 Å². The average Bonchev–Trinajstić information content (AvgIpc) is 2.79. The van der Waals surface area contributed by atoms with Gasteiger partial charge in [0.25, 0.3) is 0 Å². The van der Waals surface area contributed by atoms with Crippen molar-refractivity contribution in [2.75, 3.05) is 7.05 Å². The second-order valence-corrected chi connectivity index (χ2v) is 6.49. The van der Waals surface area contributed by atoms with Crippen LogP contribution < -0.4 is 10.0 Å².